The fourth-order valence-corrected chi connectivity index (χ4v) is 1.14. The second kappa shape index (κ2) is 3.49. The molecule has 0 atom stereocenters. The van der Waals surface area contributed by atoms with E-state index >= 15 is 0 Å². The van der Waals surface area contributed by atoms with Crippen molar-refractivity contribution in [1.82, 2.24) is 5.16 Å². The van der Waals surface area contributed by atoms with E-state index in [4.69, 9.17) is 14.4 Å². The standard InChI is InChI=1S/C9H7NO5/c11-5-1-2-7-6(3-5)9(10-15-7)14-4-8(12)13/h1-3,11H,4H2,(H,12,13). The highest BCUT2D eigenvalue weighted by molar-refractivity contribution is 5.83. The molecule has 15 heavy (non-hydrogen) atoms. The summed E-state index contributed by atoms with van der Waals surface area (Å²) in [6.45, 7) is -0.503. The molecule has 2 rings (SSSR count). The van der Waals surface area contributed by atoms with Crippen molar-refractivity contribution in [3.8, 4) is 11.6 Å². The van der Waals surface area contributed by atoms with Crippen LogP contribution in [0, 0.1) is 0 Å². The van der Waals surface area contributed by atoms with Crippen LogP contribution in [-0.2, 0) is 4.79 Å². The van der Waals surface area contributed by atoms with E-state index in [1.54, 1.807) is 0 Å². The molecule has 0 fully saturated rings. The zero-order valence-corrected chi connectivity index (χ0v) is 7.51. The molecule has 2 aromatic rings. The molecule has 6 heteroatoms. The molecule has 6 nitrogen and oxygen atoms in total. The summed E-state index contributed by atoms with van der Waals surface area (Å²) in [5.41, 5.74) is 0.424. The van der Waals surface area contributed by atoms with Crippen LogP contribution in [0.1, 0.15) is 0 Å². The molecule has 0 unspecified atom stereocenters. The molecule has 0 spiro atoms. The van der Waals surface area contributed by atoms with Crippen LogP contribution in [0.3, 0.4) is 0 Å². The van der Waals surface area contributed by atoms with Gasteiger partial charge >= 0.3 is 5.97 Å². The maximum absolute atomic E-state index is 10.3. The number of carboxylic acid groups (broad SMARTS) is 1. The molecule has 0 bridgehead atoms. The molecule has 1 aromatic heterocycles. The smallest absolute Gasteiger partial charge is 0.341 e. The van der Waals surface area contributed by atoms with Gasteiger partial charge in [0.15, 0.2) is 12.2 Å². The topological polar surface area (TPSA) is 92.8 Å². The first-order valence-corrected chi connectivity index (χ1v) is 4.10. The number of rotatable bonds is 3. The molecule has 0 aliphatic heterocycles. The first-order valence-electron chi connectivity index (χ1n) is 4.10. The fourth-order valence-electron chi connectivity index (χ4n) is 1.14. The minimum absolute atomic E-state index is 0.0332. The van der Waals surface area contributed by atoms with E-state index in [1.807, 2.05) is 0 Å². The number of carbonyl (C=O) groups is 1. The lowest BCUT2D eigenvalue weighted by molar-refractivity contribution is -0.139. The number of hydrogen-bond acceptors (Lipinski definition) is 5. The van der Waals surface area contributed by atoms with E-state index in [1.165, 1.54) is 18.2 Å². The number of fused-ring (bicyclic) bond motifs is 1. The summed E-state index contributed by atoms with van der Waals surface area (Å²) in [6, 6.07) is 4.35. The van der Waals surface area contributed by atoms with Gasteiger partial charge in [-0.15, -0.1) is 0 Å². The summed E-state index contributed by atoms with van der Waals surface area (Å²) in [5, 5.41) is 21.6. The molecular formula is C9H7NO5. The predicted octanol–water partition coefficient (Wildman–Crippen LogP) is 0.997. The van der Waals surface area contributed by atoms with Crippen LogP contribution < -0.4 is 4.74 Å². The Morgan fingerprint density at radius 1 is 1.53 bits per heavy atom. The average molecular weight is 209 g/mol. The van der Waals surface area contributed by atoms with Gasteiger partial charge in [-0.25, -0.2) is 4.79 Å². The summed E-state index contributed by atoms with van der Waals surface area (Å²) in [4.78, 5) is 10.3. The van der Waals surface area contributed by atoms with Gasteiger partial charge in [-0.3, -0.25) is 0 Å². The highest BCUT2D eigenvalue weighted by atomic mass is 16.5. The van der Waals surface area contributed by atoms with E-state index in [9.17, 15) is 9.90 Å². The third kappa shape index (κ3) is 1.83. The van der Waals surface area contributed by atoms with Crippen LogP contribution in [0.2, 0.25) is 0 Å². The Labute approximate surface area is 83.7 Å². The fraction of sp³-hybridized carbons (Fsp3) is 0.111. The predicted molar refractivity (Wildman–Crippen MR) is 48.8 cm³/mol. The van der Waals surface area contributed by atoms with Crippen molar-refractivity contribution in [2.45, 2.75) is 0 Å². The third-order valence-corrected chi connectivity index (χ3v) is 1.75. The van der Waals surface area contributed by atoms with Crippen molar-refractivity contribution in [2.24, 2.45) is 0 Å². The van der Waals surface area contributed by atoms with Gasteiger partial charge in [0.05, 0.1) is 5.39 Å². The highest BCUT2D eigenvalue weighted by Crippen LogP contribution is 2.27. The summed E-state index contributed by atoms with van der Waals surface area (Å²) in [5.74, 6) is -1.01. The SMILES string of the molecule is O=C(O)COc1noc2ccc(O)cc12. The molecule has 0 amide bonds. The lowest BCUT2D eigenvalue weighted by Crippen LogP contribution is -2.09. The van der Waals surface area contributed by atoms with Gasteiger partial charge in [0.2, 0.25) is 0 Å². The number of carboxylic acids is 1. The Bertz CT molecular complexity index is 504. The molecular weight excluding hydrogens is 202 g/mol. The Morgan fingerprint density at radius 3 is 3.07 bits per heavy atom. The molecule has 0 saturated heterocycles. The molecule has 1 heterocycles. The number of aromatic hydroxyl groups is 1. The molecule has 0 aliphatic carbocycles. The van der Waals surface area contributed by atoms with E-state index in [2.05, 4.69) is 5.16 Å². The number of aliphatic carboxylic acids is 1. The average Bonchev–Trinajstić information content (AvgIpc) is 2.57. The summed E-state index contributed by atoms with van der Waals surface area (Å²) in [7, 11) is 0. The Balaban J connectivity index is 2.35. The van der Waals surface area contributed by atoms with E-state index in [0.717, 1.165) is 0 Å². The first-order chi connectivity index (χ1) is 7.16. The number of phenols is 1. The number of nitrogens with zero attached hydrogens (tertiary/aromatic N) is 1. The third-order valence-electron chi connectivity index (χ3n) is 1.75. The number of benzene rings is 1. The van der Waals surface area contributed by atoms with Crippen LogP contribution in [0.15, 0.2) is 22.7 Å². The van der Waals surface area contributed by atoms with E-state index < -0.39 is 12.6 Å². The van der Waals surface area contributed by atoms with Crippen molar-refractivity contribution < 1.29 is 24.3 Å². The van der Waals surface area contributed by atoms with Crippen LogP contribution in [-0.4, -0.2) is 27.9 Å². The van der Waals surface area contributed by atoms with Crippen molar-refractivity contribution >= 4 is 16.9 Å². The van der Waals surface area contributed by atoms with E-state index in [-0.39, 0.29) is 11.6 Å². The molecule has 78 valence electrons. The second-order valence-corrected chi connectivity index (χ2v) is 2.85. The van der Waals surface area contributed by atoms with E-state index in [0.29, 0.717) is 11.0 Å². The Hall–Kier alpha value is -2.24. The normalized spacial score (nSPS) is 10.4. The van der Waals surface area contributed by atoms with Gasteiger partial charge in [0, 0.05) is 0 Å². The summed E-state index contributed by atoms with van der Waals surface area (Å²) < 4.78 is 9.72. The quantitative estimate of drug-likeness (QED) is 0.783. The minimum Gasteiger partial charge on any atom is -0.508 e. The second-order valence-electron chi connectivity index (χ2n) is 2.85. The van der Waals surface area contributed by atoms with Crippen LogP contribution >= 0.6 is 0 Å². The van der Waals surface area contributed by atoms with Gasteiger partial charge in [0.25, 0.3) is 5.88 Å². The van der Waals surface area contributed by atoms with Crippen molar-refractivity contribution in [3.05, 3.63) is 18.2 Å². The zero-order chi connectivity index (χ0) is 10.8. The molecule has 0 saturated carbocycles. The summed E-state index contributed by atoms with van der Waals surface area (Å²) in [6.07, 6.45) is 0. The van der Waals surface area contributed by atoms with Crippen molar-refractivity contribution in [1.29, 1.82) is 0 Å². The number of phenolic OH excluding ortho intramolecular Hbond substituents is 1. The Kier molecular flexibility index (Phi) is 2.17. The number of hydrogen-bond donors (Lipinski definition) is 2. The lowest BCUT2D eigenvalue weighted by Gasteiger charge is -1.97. The Morgan fingerprint density at radius 2 is 2.33 bits per heavy atom. The van der Waals surface area contributed by atoms with Crippen LogP contribution in [0.5, 0.6) is 11.6 Å². The van der Waals surface area contributed by atoms with Crippen LogP contribution in [0.4, 0.5) is 0 Å². The highest BCUT2D eigenvalue weighted by Gasteiger charge is 2.11. The zero-order valence-electron chi connectivity index (χ0n) is 7.51. The molecule has 1 aromatic carbocycles. The monoisotopic (exact) mass is 209 g/mol. The maximum Gasteiger partial charge on any atom is 0.341 e. The molecule has 0 radical (unpaired) electrons. The van der Waals surface area contributed by atoms with Gasteiger partial charge < -0.3 is 19.5 Å². The maximum atomic E-state index is 10.3. The van der Waals surface area contributed by atoms with Gasteiger partial charge in [-0.05, 0) is 23.4 Å². The van der Waals surface area contributed by atoms with Gasteiger partial charge in [0.1, 0.15) is 5.75 Å². The first kappa shape index (κ1) is 9.32. The molecule has 2 N–H and O–H groups in total. The van der Waals surface area contributed by atoms with Crippen LogP contribution in [0.25, 0.3) is 11.0 Å². The minimum atomic E-state index is -1.11. The summed E-state index contributed by atoms with van der Waals surface area (Å²) >= 11 is 0. The van der Waals surface area contributed by atoms with Crippen molar-refractivity contribution in [2.75, 3.05) is 6.61 Å². The largest absolute Gasteiger partial charge is 0.508 e. The van der Waals surface area contributed by atoms with Gasteiger partial charge in [-0.1, -0.05) is 0 Å². The number of ether oxygens (including phenoxy) is 1. The van der Waals surface area contributed by atoms with Gasteiger partial charge in [-0.2, -0.15) is 0 Å². The van der Waals surface area contributed by atoms with Crippen molar-refractivity contribution in [3.63, 3.8) is 0 Å². The lowest BCUT2D eigenvalue weighted by atomic mass is 10.2. The molecule has 0 aliphatic rings. The number of aromatic nitrogens is 1.